The summed E-state index contributed by atoms with van der Waals surface area (Å²) in [5.41, 5.74) is 1.25. The Labute approximate surface area is 226 Å². The molecule has 0 unspecified atom stereocenters. The molecule has 0 spiro atoms. The fourth-order valence-electron chi connectivity index (χ4n) is 3.37. The van der Waals surface area contributed by atoms with Crippen molar-refractivity contribution in [1.82, 2.24) is 5.43 Å². The highest BCUT2D eigenvalue weighted by atomic mass is 35.5. The molecule has 1 heterocycles. The van der Waals surface area contributed by atoms with Gasteiger partial charge < -0.3 is 4.74 Å². The summed E-state index contributed by atoms with van der Waals surface area (Å²) in [4.78, 5) is 12.5. The van der Waals surface area contributed by atoms with E-state index in [2.05, 4.69) is 10.5 Å². The number of anilines is 1. The molecule has 0 bridgehead atoms. The fraction of sp³-hybridized carbons (Fsp3) is 0.200. The van der Waals surface area contributed by atoms with Gasteiger partial charge in [0, 0.05) is 11.5 Å². The molecule has 38 heavy (non-hydrogen) atoms. The van der Waals surface area contributed by atoms with Crippen molar-refractivity contribution in [3.05, 3.63) is 88.9 Å². The highest BCUT2D eigenvalue weighted by Gasteiger charge is 2.35. The van der Waals surface area contributed by atoms with E-state index in [0.717, 1.165) is 23.6 Å². The van der Waals surface area contributed by atoms with Crippen LogP contribution in [0.25, 0.3) is 0 Å². The normalized spacial score (nSPS) is 14.2. The standard InChI is InChI=1S/C25H21ClF3N3O4S2/c26-23-11-8-18(12-22(23)25(27,28)29)32(38(34,35)21-4-2-1-3-5-21)14-24(33)31-30-13-17-6-9-19(10-7-17)36-20-15-37-16-20/h1-13,20H,14-16H2,(H,31,33). The highest BCUT2D eigenvalue weighted by Crippen LogP contribution is 2.38. The van der Waals surface area contributed by atoms with E-state index in [-0.39, 0.29) is 16.7 Å². The summed E-state index contributed by atoms with van der Waals surface area (Å²) in [5, 5.41) is 3.24. The van der Waals surface area contributed by atoms with Crippen LogP contribution in [0.4, 0.5) is 18.9 Å². The van der Waals surface area contributed by atoms with Gasteiger partial charge in [0.2, 0.25) is 0 Å². The van der Waals surface area contributed by atoms with E-state index in [9.17, 15) is 26.4 Å². The summed E-state index contributed by atoms with van der Waals surface area (Å²) >= 11 is 7.50. The fourth-order valence-corrected chi connectivity index (χ4v) is 5.59. The number of amides is 1. The average molecular weight is 584 g/mol. The second-order valence-electron chi connectivity index (χ2n) is 8.13. The van der Waals surface area contributed by atoms with Gasteiger partial charge in [-0.1, -0.05) is 29.8 Å². The molecule has 13 heteroatoms. The summed E-state index contributed by atoms with van der Waals surface area (Å²) in [6.07, 6.45) is -3.29. The second kappa shape index (κ2) is 11.7. The number of benzene rings is 3. The van der Waals surface area contributed by atoms with Gasteiger partial charge in [-0.25, -0.2) is 13.8 Å². The molecule has 0 aliphatic carbocycles. The van der Waals surface area contributed by atoms with Crippen LogP contribution >= 0.6 is 23.4 Å². The lowest BCUT2D eigenvalue weighted by Gasteiger charge is -2.25. The molecule has 0 aromatic heterocycles. The van der Waals surface area contributed by atoms with Gasteiger partial charge >= 0.3 is 6.18 Å². The zero-order valence-electron chi connectivity index (χ0n) is 19.6. The maximum absolute atomic E-state index is 13.5. The molecule has 0 saturated carbocycles. The predicted octanol–water partition coefficient (Wildman–Crippen LogP) is 5.20. The smallest absolute Gasteiger partial charge is 0.417 e. The van der Waals surface area contributed by atoms with Crippen molar-refractivity contribution < 1.29 is 31.1 Å². The Bertz CT molecular complexity index is 1420. The van der Waals surface area contributed by atoms with E-state index >= 15 is 0 Å². The zero-order valence-corrected chi connectivity index (χ0v) is 21.9. The third-order valence-corrected chi connectivity index (χ3v) is 8.69. The number of rotatable bonds is 9. The Morgan fingerprint density at radius 2 is 1.79 bits per heavy atom. The van der Waals surface area contributed by atoms with Crippen LogP contribution in [0, 0.1) is 0 Å². The number of alkyl halides is 3. The molecule has 200 valence electrons. The molecule has 7 nitrogen and oxygen atoms in total. The van der Waals surface area contributed by atoms with Crippen LogP contribution in [-0.2, 0) is 21.0 Å². The molecule has 1 fully saturated rings. The van der Waals surface area contributed by atoms with E-state index in [0.29, 0.717) is 21.7 Å². The number of ether oxygens (including phenoxy) is 1. The molecule has 0 atom stereocenters. The highest BCUT2D eigenvalue weighted by molar-refractivity contribution is 8.00. The van der Waals surface area contributed by atoms with E-state index in [4.69, 9.17) is 16.3 Å². The topological polar surface area (TPSA) is 88.1 Å². The molecule has 3 aromatic rings. The van der Waals surface area contributed by atoms with Crippen molar-refractivity contribution in [1.29, 1.82) is 0 Å². The van der Waals surface area contributed by atoms with Crippen molar-refractivity contribution in [2.75, 3.05) is 22.4 Å². The lowest BCUT2D eigenvalue weighted by Crippen LogP contribution is -2.39. The number of nitrogens with one attached hydrogen (secondary N) is 1. The van der Waals surface area contributed by atoms with Gasteiger partial charge in [-0.2, -0.15) is 30.0 Å². The SMILES string of the molecule is O=C(CN(c1ccc(Cl)c(C(F)(F)F)c1)S(=O)(=O)c1ccccc1)NN=Cc1ccc(OC2CSC2)cc1. The van der Waals surface area contributed by atoms with E-state index in [1.807, 2.05) is 0 Å². The molecule has 4 rings (SSSR count). The second-order valence-corrected chi connectivity index (χ2v) is 11.5. The largest absolute Gasteiger partial charge is 0.489 e. The first-order valence-electron chi connectivity index (χ1n) is 11.1. The van der Waals surface area contributed by atoms with Crippen LogP contribution in [0.1, 0.15) is 11.1 Å². The van der Waals surface area contributed by atoms with Gasteiger partial charge in [-0.3, -0.25) is 9.10 Å². The number of carbonyl (C=O) groups excluding carboxylic acids is 1. The van der Waals surface area contributed by atoms with E-state index in [1.54, 1.807) is 42.1 Å². The Morgan fingerprint density at radius 3 is 2.39 bits per heavy atom. The van der Waals surface area contributed by atoms with Gasteiger partial charge in [-0.05, 0) is 60.2 Å². The van der Waals surface area contributed by atoms with Crippen molar-refractivity contribution in [2.45, 2.75) is 17.2 Å². The zero-order chi connectivity index (χ0) is 27.3. The van der Waals surface area contributed by atoms with Crippen LogP contribution in [0.5, 0.6) is 5.75 Å². The minimum Gasteiger partial charge on any atom is -0.489 e. The lowest BCUT2D eigenvalue weighted by atomic mass is 10.2. The van der Waals surface area contributed by atoms with Crippen molar-refractivity contribution in [2.24, 2.45) is 5.10 Å². The average Bonchev–Trinajstić information content (AvgIpc) is 2.86. The van der Waals surface area contributed by atoms with Crippen LogP contribution in [-0.4, -0.2) is 44.7 Å². The number of hydrogen-bond acceptors (Lipinski definition) is 6. The van der Waals surface area contributed by atoms with Gasteiger partial charge in [-0.15, -0.1) is 0 Å². The number of nitrogens with zero attached hydrogens (tertiary/aromatic N) is 2. The first-order valence-corrected chi connectivity index (χ1v) is 14.1. The Kier molecular flexibility index (Phi) is 8.54. The maximum atomic E-state index is 13.5. The first-order chi connectivity index (χ1) is 18.0. The number of thioether (sulfide) groups is 1. The number of hydrazone groups is 1. The molecule has 1 amide bonds. The van der Waals surface area contributed by atoms with Crippen LogP contribution < -0.4 is 14.5 Å². The molecule has 1 saturated heterocycles. The summed E-state index contributed by atoms with van der Waals surface area (Å²) in [5.74, 6) is 1.73. The molecular weight excluding hydrogens is 563 g/mol. The lowest BCUT2D eigenvalue weighted by molar-refractivity contribution is -0.137. The van der Waals surface area contributed by atoms with Gasteiger partial charge in [0.1, 0.15) is 18.4 Å². The third-order valence-electron chi connectivity index (χ3n) is 5.35. The third kappa shape index (κ3) is 6.80. The minimum atomic E-state index is -4.83. The predicted molar refractivity (Wildman–Crippen MR) is 141 cm³/mol. The van der Waals surface area contributed by atoms with Crippen LogP contribution in [0.2, 0.25) is 5.02 Å². The number of hydrogen-bond donors (Lipinski definition) is 1. The quantitative estimate of drug-likeness (QED) is 0.276. The molecule has 3 aromatic carbocycles. The minimum absolute atomic E-state index is 0.196. The van der Waals surface area contributed by atoms with Crippen LogP contribution in [0.15, 0.2) is 82.8 Å². The molecule has 1 N–H and O–H groups in total. The monoisotopic (exact) mass is 583 g/mol. The molecule has 0 radical (unpaired) electrons. The van der Waals surface area contributed by atoms with Gasteiger partial charge in [0.15, 0.2) is 0 Å². The van der Waals surface area contributed by atoms with Crippen molar-refractivity contribution in [3.63, 3.8) is 0 Å². The molecule has 1 aliphatic rings. The summed E-state index contributed by atoms with van der Waals surface area (Å²) in [6.45, 7) is -0.834. The van der Waals surface area contributed by atoms with Crippen molar-refractivity contribution >= 4 is 51.2 Å². The summed E-state index contributed by atoms with van der Waals surface area (Å²) < 4.78 is 73.3. The Hall–Kier alpha value is -3.22. The van der Waals surface area contributed by atoms with Crippen LogP contribution in [0.3, 0.4) is 0 Å². The maximum Gasteiger partial charge on any atom is 0.417 e. The summed E-state index contributed by atoms with van der Waals surface area (Å²) in [7, 11) is -4.42. The van der Waals surface area contributed by atoms with Gasteiger partial charge in [0.05, 0.1) is 27.4 Å². The van der Waals surface area contributed by atoms with Crippen molar-refractivity contribution in [3.8, 4) is 5.75 Å². The van der Waals surface area contributed by atoms with Gasteiger partial charge in [0.25, 0.3) is 15.9 Å². The molecular formula is C25H21ClF3N3O4S2. The molecule has 1 aliphatic heterocycles. The number of carbonyl (C=O) groups is 1. The number of halogens is 4. The Morgan fingerprint density at radius 1 is 1.11 bits per heavy atom. The van der Waals surface area contributed by atoms with E-state index in [1.165, 1.54) is 30.5 Å². The number of sulfonamides is 1. The first kappa shape index (κ1) is 27.8. The summed E-state index contributed by atoms with van der Waals surface area (Å²) in [6, 6.07) is 16.7. The van der Waals surface area contributed by atoms with E-state index < -0.39 is 39.2 Å². The Balaban J connectivity index is 1.52.